The first-order chi connectivity index (χ1) is 18.2. The highest BCUT2D eigenvalue weighted by atomic mass is 19.4. The second-order valence-corrected chi connectivity index (χ2v) is 7.86. The quantitative estimate of drug-likeness (QED) is 0.343. The molecule has 2 heterocycles. The second kappa shape index (κ2) is 10.8. The molecule has 0 aliphatic carbocycles. The van der Waals surface area contributed by atoms with Gasteiger partial charge in [0.2, 0.25) is 0 Å². The number of nitrogens with one attached hydrogen (secondary N) is 4. The molecule has 0 spiro atoms. The Bertz CT molecular complexity index is 1460. The van der Waals surface area contributed by atoms with E-state index in [4.69, 9.17) is 0 Å². The van der Waals surface area contributed by atoms with Crippen LogP contribution in [0.25, 0.3) is 5.69 Å². The summed E-state index contributed by atoms with van der Waals surface area (Å²) in [6.07, 6.45) is 2.39. The number of anilines is 3. The molecule has 13 heteroatoms. The predicted octanol–water partition coefficient (Wildman–Crippen LogP) is 4.84. The Kier molecular flexibility index (Phi) is 7.37. The van der Waals surface area contributed by atoms with Crippen LogP contribution in [0.3, 0.4) is 0 Å². The van der Waals surface area contributed by atoms with Crippen molar-refractivity contribution in [2.45, 2.75) is 13.1 Å². The highest BCUT2D eigenvalue weighted by Gasteiger charge is 2.31. The monoisotopic (exact) mass is 522 g/mol. The molecular formula is C25H21F3N8O2. The van der Waals surface area contributed by atoms with Gasteiger partial charge >= 0.3 is 12.2 Å². The standard InChI is InChI=1S/C25H21F3N8O2/c1-3-29-23-22(21(37)10-11-30-23)15(2)32-17-5-7-18(8-6-17)33-24(38)34-19-14-16(25(26,27)28)4-9-20(19)36-13-12-31-35-36/h3-14,32H,1H2,2H3,(H,29,30)(H2,33,34,38)/b22-15+. The van der Waals surface area contributed by atoms with Crippen molar-refractivity contribution in [3.8, 4) is 5.69 Å². The summed E-state index contributed by atoms with van der Waals surface area (Å²) in [4.78, 5) is 29.0. The van der Waals surface area contributed by atoms with E-state index in [-0.39, 0.29) is 17.2 Å². The summed E-state index contributed by atoms with van der Waals surface area (Å²) < 4.78 is 41.0. The largest absolute Gasteiger partial charge is 0.416 e. The van der Waals surface area contributed by atoms with Crippen LogP contribution in [-0.2, 0) is 11.0 Å². The van der Waals surface area contributed by atoms with Crippen LogP contribution in [-0.4, -0.2) is 32.6 Å². The van der Waals surface area contributed by atoms with Crippen molar-refractivity contribution in [2.24, 2.45) is 4.99 Å². The van der Waals surface area contributed by atoms with Crippen LogP contribution in [0.15, 0.2) is 96.2 Å². The average Bonchev–Trinajstić information content (AvgIpc) is 3.40. The van der Waals surface area contributed by atoms with Crippen LogP contribution in [0.4, 0.5) is 35.0 Å². The third-order valence-electron chi connectivity index (χ3n) is 5.25. The molecule has 3 aromatic rings. The Morgan fingerprint density at radius 2 is 1.82 bits per heavy atom. The number of amides is 2. The number of aromatic nitrogens is 3. The summed E-state index contributed by atoms with van der Waals surface area (Å²) in [6, 6.07) is 8.63. The molecule has 194 valence electrons. The van der Waals surface area contributed by atoms with E-state index < -0.39 is 17.8 Å². The molecule has 0 radical (unpaired) electrons. The summed E-state index contributed by atoms with van der Waals surface area (Å²) in [7, 11) is 0. The van der Waals surface area contributed by atoms with Crippen molar-refractivity contribution in [2.75, 3.05) is 16.0 Å². The molecule has 38 heavy (non-hydrogen) atoms. The number of carbonyl (C=O) groups is 2. The van der Waals surface area contributed by atoms with Crippen molar-refractivity contribution in [3.63, 3.8) is 0 Å². The highest BCUT2D eigenvalue weighted by molar-refractivity contribution is 6.27. The van der Waals surface area contributed by atoms with E-state index in [9.17, 15) is 22.8 Å². The number of rotatable bonds is 6. The summed E-state index contributed by atoms with van der Waals surface area (Å²) in [6.45, 7) is 5.26. The molecule has 0 saturated carbocycles. The minimum absolute atomic E-state index is 0.111. The Balaban J connectivity index is 1.49. The van der Waals surface area contributed by atoms with E-state index >= 15 is 0 Å². The molecule has 4 rings (SSSR count). The molecule has 0 saturated heterocycles. The zero-order valence-electron chi connectivity index (χ0n) is 19.9. The van der Waals surface area contributed by atoms with Gasteiger partial charge in [-0.1, -0.05) is 11.8 Å². The van der Waals surface area contributed by atoms with Gasteiger partial charge in [0.15, 0.2) is 5.78 Å². The van der Waals surface area contributed by atoms with Gasteiger partial charge in [-0.3, -0.25) is 4.79 Å². The number of urea groups is 1. The van der Waals surface area contributed by atoms with Gasteiger partial charge < -0.3 is 21.3 Å². The molecule has 2 aromatic carbocycles. The molecular weight excluding hydrogens is 501 g/mol. The van der Waals surface area contributed by atoms with Crippen LogP contribution >= 0.6 is 0 Å². The molecule has 10 nitrogen and oxygen atoms in total. The van der Waals surface area contributed by atoms with Crippen molar-refractivity contribution in [1.29, 1.82) is 0 Å². The minimum Gasteiger partial charge on any atom is -0.358 e. The van der Waals surface area contributed by atoms with E-state index in [2.05, 4.69) is 43.2 Å². The zero-order valence-corrected chi connectivity index (χ0v) is 19.9. The number of alkyl halides is 3. The number of carbonyl (C=O) groups excluding carboxylic acids is 2. The first-order valence-electron chi connectivity index (χ1n) is 11.1. The predicted molar refractivity (Wildman–Crippen MR) is 137 cm³/mol. The van der Waals surface area contributed by atoms with E-state index in [1.54, 1.807) is 31.2 Å². The summed E-state index contributed by atoms with van der Waals surface area (Å²) in [5.74, 6) is 0.122. The van der Waals surface area contributed by atoms with Crippen LogP contribution in [0.2, 0.25) is 0 Å². The first-order valence-corrected chi connectivity index (χ1v) is 11.1. The van der Waals surface area contributed by atoms with Gasteiger partial charge in [0, 0.05) is 35.5 Å². The number of aliphatic imine (C=N–C) groups is 1. The van der Waals surface area contributed by atoms with E-state index in [0.717, 1.165) is 12.1 Å². The van der Waals surface area contributed by atoms with E-state index in [1.807, 2.05) is 0 Å². The Labute approximate surface area is 214 Å². The fourth-order valence-corrected chi connectivity index (χ4v) is 3.57. The van der Waals surface area contributed by atoms with Crippen LogP contribution in [0.5, 0.6) is 0 Å². The van der Waals surface area contributed by atoms with Gasteiger partial charge in [-0.05, 0) is 49.4 Å². The Hall–Kier alpha value is -5.20. The zero-order chi connectivity index (χ0) is 27.3. The van der Waals surface area contributed by atoms with Gasteiger partial charge in [0.1, 0.15) is 5.84 Å². The number of hydrogen-bond acceptors (Lipinski definition) is 6. The maximum atomic E-state index is 13.2. The van der Waals surface area contributed by atoms with Crippen molar-refractivity contribution < 1.29 is 22.8 Å². The normalized spacial score (nSPS) is 15.6. The molecule has 0 unspecified atom stereocenters. The lowest BCUT2D eigenvalue weighted by molar-refractivity contribution is -0.137. The molecule has 1 aliphatic heterocycles. The maximum absolute atomic E-state index is 13.2. The lowest BCUT2D eigenvalue weighted by atomic mass is 10.1. The number of nitrogens with zero attached hydrogens (tertiary/aromatic N) is 4. The summed E-state index contributed by atoms with van der Waals surface area (Å²) >= 11 is 0. The number of amidine groups is 1. The number of hydrogen-bond donors (Lipinski definition) is 4. The van der Waals surface area contributed by atoms with Crippen LogP contribution in [0.1, 0.15) is 12.5 Å². The fourth-order valence-electron chi connectivity index (χ4n) is 3.57. The number of allylic oxidation sites excluding steroid dienone is 2. The second-order valence-electron chi connectivity index (χ2n) is 7.86. The molecule has 4 N–H and O–H groups in total. The summed E-state index contributed by atoms with van der Waals surface area (Å²) in [5.41, 5.74) is 1.04. The summed E-state index contributed by atoms with van der Waals surface area (Å²) in [5, 5.41) is 18.5. The third kappa shape index (κ3) is 5.95. The number of halogens is 3. The number of benzene rings is 2. The molecule has 0 atom stereocenters. The smallest absolute Gasteiger partial charge is 0.358 e. The minimum atomic E-state index is -4.60. The topological polar surface area (TPSA) is 125 Å². The maximum Gasteiger partial charge on any atom is 0.416 e. The van der Waals surface area contributed by atoms with Gasteiger partial charge in [-0.15, -0.1) is 5.10 Å². The van der Waals surface area contributed by atoms with Gasteiger partial charge in [-0.25, -0.2) is 14.5 Å². The van der Waals surface area contributed by atoms with E-state index in [1.165, 1.54) is 41.6 Å². The van der Waals surface area contributed by atoms with E-state index in [0.29, 0.717) is 28.5 Å². The molecule has 0 bridgehead atoms. The van der Waals surface area contributed by atoms with Crippen LogP contribution in [0, 0.1) is 0 Å². The SMILES string of the molecule is C=C/N=C1/NC=CC(=O)/C1=C(/C)Nc1ccc(NC(=O)Nc2cc(C(F)(F)F)ccc2-n2ccnn2)cc1. The van der Waals surface area contributed by atoms with Crippen molar-refractivity contribution >= 4 is 34.7 Å². The van der Waals surface area contributed by atoms with Gasteiger partial charge in [0.05, 0.1) is 34.9 Å². The number of ketones is 1. The fraction of sp³-hybridized carbons (Fsp3) is 0.0800. The van der Waals surface area contributed by atoms with Crippen molar-refractivity contribution in [1.82, 2.24) is 20.3 Å². The Morgan fingerprint density at radius 3 is 2.45 bits per heavy atom. The molecule has 1 aromatic heterocycles. The molecule has 1 aliphatic rings. The van der Waals surface area contributed by atoms with Gasteiger partial charge in [-0.2, -0.15) is 13.2 Å². The lowest BCUT2D eigenvalue weighted by Crippen LogP contribution is -2.30. The van der Waals surface area contributed by atoms with Crippen LogP contribution < -0.4 is 21.3 Å². The van der Waals surface area contributed by atoms with Crippen molar-refractivity contribution in [3.05, 3.63) is 96.7 Å². The highest BCUT2D eigenvalue weighted by Crippen LogP contribution is 2.33. The molecule has 0 fully saturated rings. The first kappa shape index (κ1) is 25.9. The third-order valence-corrected chi connectivity index (χ3v) is 5.25. The molecule has 2 amide bonds. The lowest BCUT2D eigenvalue weighted by Gasteiger charge is -2.17. The Morgan fingerprint density at radius 1 is 1.11 bits per heavy atom. The average molecular weight is 522 g/mol. The van der Waals surface area contributed by atoms with Gasteiger partial charge in [0.25, 0.3) is 0 Å².